The second kappa shape index (κ2) is 10.6. The standard InChI is InChI=1S/C17H26N2O4S/c1-14(18-13-20)7-10-19(23-16-8-11-22-12-9-16)24-17-5-3-15(21-2)4-6-17/h3-6,13-14,16H,7-12H2,1-2H3,(H,18,20). The first kappa shape index (κ1) is 19.1. The molecule has 1 saturated heterocycles. The van der Waals surface area contributed by atoms with Gasteiger partial charge in [-0.1, -0.05) is 0 Å². The number of hydrogen-bond acceptors (Lipinski definition) is 6. The molecule has 0 radical (unpaired) electrons. The molecule has 0 aliphatic carbocycles. The van der Waals surface area contributed by atoms with E-state index in [1.165, 1.54) is 0 Å². The van der Waals surface area contributed by atoms with Crippen LogP contribution in [0.3, 0.4) is 0 Å². The van der Waals surface area contributed by atoms with Gasteiger partial charge >= 0.3 is 0 Å². The fourth-order valence-corrected chi connectivity index (χ4v) is 3.17. The lowest BCUT2D eigenvalue weighted by Gasteiger charge is -2.29. The van der Waals surface area contributed by atoms with Crippen molar-refractivity contribution in [2.24, 2.45) is 0 Å². The summed E-state index contributed by atoms with van der Waals surface area (Å²) in [4.78, 5) is 17.8. The lowest BCUT2D eigenvalue weighted by molar-refractivity contribution is -0.153. The van der Waals surface area contributed by atoms with Gasteiger partial charge in [-0.05, 0) is 62.4 Å². The molecule has 6 nitrogen and oxygen atoms in total. The molecule has 7 heteroatoms. The van der Waals surface area contributed by atoms with E-state index < -0.39 is 0 Å². The molecule has 1 N–H and O–H groups in total. The van der Waals surface area contributed by atoms with E-state index in [1.807, 2.05) is 35.7 Å². The third-order valence-corrected chi connectivity index (χ3v) is 4.75. The number of amides is 1. The van der Waals surface area contributed by atoms with Gasteiger partial charge in [-0.15, -0.1) is 4.47 Å². The van der Waals surface area contributed by atoms with Crippen LogP contribution in [0.2, 0.25) is 0 Å². The number of benzene rings is 1. The third kappa shape index (κ3) is 6.68. The Morgan fingerprint density at radius 2 is 2.08 bits per heavy atom. The molecule has 134 valence electrons. The van der Waals surface area contributed by atoms with E-state index in [4.69, 9.17) is 14.3 Å². The molecule has 0 aromatic heterocycles. The SMILES string of the molecule is COc1ccc(SN(CCC(C)NC=O)OC2CCOCC2)cc1. The monoisotopic (exact) mass is 354 g/mol. The Bertz CT molecular complexity index is 480. The summed E-state index contributed by atoms with van der Waals surface area (Å²) in [6.07, 6.45) is 3.54. The average Bonchev–Trinajstić information content (AvgIpc) is 2.61. The molecule has 0 saturated carbocycles. The maximum Gasteiger partial charge on any atom is 0.207 e. The van der Waals surface area contributed by atoms with Gasteiger partial charge in [-0.2, -0.15) is 0 Å². The number of hydrogen-bond donors (Lipinski definition) is 1. The highest BCUT2D eigenvalue weighted by molar-refractivity contribution is 7.96. The van der Waals surface area contributed by atoms with E-state index in [0.717, 1.165) is 56.1 Å². The molecule has 0 bridgehead atoms. The van der Waals surface area contributed by atoms with Crippen molar-refractivity contribution in [2.75, 3.05) is 26.9 Å². The van der Waals surface area contributed by atoms with E-state index in [1.54, 1.807) is 19.1 Å². The number of methoxy groups -OCH3 is 1. The van der Waals surface area contributed by atoms with Gasteiger partial charge < -0.3 is 14.8 Å². The summed E-state index contributed by atoms with van der Waals surface area (Å²) in [6, 6.07) is 8.00. The lowest BCUT2D eigenvalue weighted by Crippen LogP contribution is -2.33. The number of carbonyl (C=O) groups is 1. The molecule has 0 spiro atoms. The zero-order valence-electron chi connectivity index (χ0n) is 14.3. The van der Waals surface area contributed by atoms with E-state index in [9.17, 15) is 4.79 Å². The Kier molecular flexibility index (Phi) is 8.38. The van der Waals surface area contributed by atoms with Gasteiger partial charge in [0.15, 0.2) is 0 Å². The van der Waals surface area contributed by atoms with Gasteiger partial charge in [-0.25, -0.2) is 0 Å². The molecule has 1 aliphatic heterocycles. The second-order valence-corrected chi connectivity index (χ2v) is 6.78. The molecule has 1 atom stereocenters. The van der Waals surface area contributed by atoms with Crippen molar-refractivity contribution in [1.29, 1.82) is 0 Å². The van der Waals surface area contributed by atoms with Gasteiger partial charge in [0.25, 0.3) is 0 Å². The minimum absolute atomic E-state index is 0.111. The Labute approximate surface area is 147 Å². The van der Waals surface area contributed by atoms with Crippen LogP contribution >= 0.6 is 11.9 Å². The number of rotatable bonds is 10. The first-order valence-corrected chi connectivity index (χ1v) is 9.02. The molecule has 1 aromatic carbocycles. The minimum Gasteiger partial charge on any atom is -0.497 e. The van der Waals surface area contributed by atoms with Crippen molar-refractivity contribution in [2.45, 2.75) is 43.2 Å². The maximum absolute atomic E-state index is 10.5. The zero-order chi connectivity index (χ0) is 17.2. The molecular formula is C17H26N2O4S. The molecule has 1 amide bonds. The van der Waals surface area contributed by atoms with Crippen LogP contribution in [0.5, 0.6) is 5.75 Å². The average molecular weight is 354 g/mol. The number of hydroxylamine groups is 1. The highest BCUT2D eigenvalue weighted by atomic mass is 32.2. The molecule has 1 unspecified atom stereocenters. The minimum atomic E-state index is 0.111. The maximum atomic E-state index is 10.5. The predicted octanol–water partition coefficient (Wildman–Crippen LogP) is 2.64. The smallest absolute Gasteiger partial charge is 0.207 e. The first-order chi connectivity index (χ1) is 11.7. The van der Waals surface area contributed by atoms with Crippen LogP contribution in [0.15, 0.2) is 29.2 Å². The third-order valence-electron chi connectivity index (χ3n) is 3.80. The van der Waals surface area contributed by atoms with Gasteiger partial charge in [-0.3, -0.25) is 9.63 Å². The van der Waals surface area contributed by atoms with Crippen LogP contribution < -0.4 is 10.1 Å². The predicted molar refractivity (Wildman–Crippen MR) is 93.8 cm³/mol. The summed E-state index contributed by atoms with van der Waals surface area (Å²) in [7, 11) is 1.66. The lowest BCUT2D eigenvalue weighted by atomic mass is 10.2. The van der Waals surface area contributed by atoms with Crippen molar-refractivity contribution < 1.29 is 19.1 Å². The molecule has 1 fully saturated rings. The normalized spacial score (nSPS) is 16.8. The van der Waals surface area contributed by atoms with Crippen LogP contribution in [-0.4, -0.2) is 49.9 Å². The van der Waals surface area contributed by atoms with Gasteiger partial charge in [0.1, 0.15) is 5.75 Å². The van der Waals surface area contributed by atoms with Crippen molar-refractivity contribution in [1.82, 2.24) is 9.79 Å². The number of carbonyl (C=O) groups excluding carboxylic acids is 1. The van der Waals surface area contributed by atoms with Crippen LogP contribution in [0.4, 0.5) is 0 Å². The van der Waals surface area contributed by atoms with Gasteiger partial charge in [0, 0.05) is 30.7 Å². The number of nitrogens with one attached hydrogen (secondary N) is 1. The second-order valence-electron chi connectivity index (χ2n) is 5.71. The van der Waals surface area contributed by atoms with Crippen molar-refractivity contribution >= 4 is 18.4 Å². The van der Waals surface area contributed by atoms with Gasteiger partial charge in [0.05, 0.1) is 13.2 Å². The van der Waals surface area contributed by atoms with Crippen molar-refractivity contribution in [3.63, 3.8) is 0 Å². The number of nitrogens with zero attached hydrogens (tertiary/aromatic N) is 1. The van der Waals surface area contributed by atoms with E-state index in [2.05, 4.69) is 5.32 Å². The van der Waals surface area contributed by atoms with E-state index in [-0.39, 0.29) is 12.1 Å². The topological polar surface area (TPSA) is 60.0 Å². The highest BCUT2D eigenvalue weighted by Crippen LogP contribution is 2.27. The summed E-state index contributed by atoms with van der Waals surface area (Å²) in [5, 5.41) is 2.77. The Morgan fingerprint density at radius 3 is 2.71 bits per heavy atom. The Morgan fingerprint density at radius 1 is 1.38 bits per heavy atom. The Hall–Kier alpha value is -1.28. The number of ether oxygens (including phenoxy) is 2. The van der Waals surface area contributed by atoms with E-state index in [0.29, 0.717) is 0 Å². The van der Waals surface area contributed by atoms with Crippen LogP contribution in [0.1, 0.15) is 26.2 Å². The van der Waals surface area contributed by atoms with Crippen LogP contribution in [-0.2, 0) is 14.4 Å². The molecular weight excluding hydrogens is 328 g/mol. The molecule has 1 aliphatic rings. The van der Waals surface area contributed by atoms with Crippen LogP contribution in [0.25, 0.3) is 0 Å². The first-order valence-electron chi connectivity index (χ1n) is 8.25. The summed E-state index contributed by atoms with van der Waals surface area (Å²) in [5.74, 6) is 0.833. The molecule has 2 rings (SSSR count). The largest absolute Gasteiger partial charge is 0.497 e. The van der Waals surface area contributed by atoms with Crippen molar-refractivity contribution in [3.8, 4) is 5.75 Å². The summed E-state index contributed by atoms with van der Waals surface area (Å²) in [5.41, 5.74) is 0. The van der Waals surface area contributed by atoms with Crippen molar-refractivity contribution in [3.05, 3.63) is 24.3 Å². The van der Waals surface area contributed by atoms with E-state index >= 15 is 0 Å². The molecule has 24 heavy (non-hydrogen) atoms. The molecule has 1 heterocycles. The van der Waals surface area contributed by atoms with Crippen LogP contribution in [0, 0.1) is 0 Å². The fourth-order valence-electron chi connectivity index (χ4n) is 2.32. The Balaban J connectivity index is 1.92. The quantitative estimate of drug-likeness (QED) is 0.396. The summed E-state index contributed by atoms with van der Waals surface area (Å²) >= 11 is 1.56. The fraction of sp³-hybridized carbons (Fsp3) is 0.588. The summed E-state index contributed by atoms with van der Waals surface area (Å²) < 4.78 is 12.5. The highest BCUT2D eigenvalue weighted by Gasteiger charge is 2.20. The van der Waals surface area contributed by atoms with Gasteiger partial charge in [0.2, 0.25) is 6.41 Å². The zero-order valence-corrected chi connectivity index (χ0v) is 15.1. The molecule has 1 aromatic rings. The summed E-state index contributed by atoms with van der Waals surface area (Å²) in [6.45, 7) is 4.19.